The van der Waals surface area contributed by atoms with E-state index in [9.17, 15) is 8.42 Å². The Morgan fingerprint density at radius 1 is 0.917 bits per heavy atom. The van der Waals surface area contributed by atoms with Crippen LogP contribution in [0.3, 0.4) is 0 Å². The largest absolute Gasteiger partial charge is 0.266 e. The average molecular weight is 346 g/mol. The van der Waals surface area contributed by atoms with Crippen LogP contribution in [0.1, 0.15) is 46.1 Å². The highest BCUT2D eigenvalue weighted by Gasteiger charge is 2.25. The number of anilines is 1. The minimum absolute atomic E-state index is 0.00359. The van der Waals surface area contributed by atoms with Crippen LogP contribution in [0.25, 0.3) is 0 Å². The molecule has 4 heteroatoms. The van der Waals surface area contributed by atoms with Crippen molar-refractivity contribution in [3.05, 3.63) is 60.2 Å². The molecule has 0 bridgehead atoms. The molecule has 0 saturated carbocycles. The van der Waals surface area contributed by atoms with Gasteiger partial charge in [0.05, 0.1) is 10.6 Å². The van der Waals surface area contributed by atoms with Gasteiger partial charge in [0.25, 0.3) is 10.0 Å². The Balaban J connectivity index is 2.40. The van der Waals surface area contributed by atoms with Crippen LogP contribution >= 0.6 is 0 Å². The lowest BCUT2D eigenvalue weighted by molar-refractivity contribution is 0.583. The van der Waals surface area contributed by atoms with E-state index in [1.54, 1.807) is 12.1 Å². The van der Waals surface area contributed by atoms with E-state index in [0.717, 1.165) is 18.4 Å². The summed E-state index contributed by atoms with van der Waals surface area (Å²) in [5, 5.41) is 0. The zero-order valence-electron chi connectivity index (χ0n) is 15.0. The lowest BCUT2D eigenvalue weighted by Gasteiger charge is -2.25. The monoisotopic (exact) mass is 345 g/mol. The maximum absolute atomic E-state index is 13.1. The molecule has 0 saturated heterocycles. The fraction of sp³-hybridized carbons (Fsp3) is 0.400. The van der Waals surface area contributed by atoms with Gasteiger partial charge >= 0.3 is 0 Å². The fourth-order valence-electron chi connectivity index (χ4n) is 2.54. The minimum Gasteiger partial charge on any atom is -0.266 e. The second kappa shape index (κ2) is 7.39. The predicted molar refractivity (Wildman–Crippen MR) is 101 cm³/mol. The van der Waals surface area contributed by atoms with Crippen molar-refractivity contribution in [3.8, 4) is 0 Å². The Morgan fingerprint density at radius 3 is 2.00 bits per heavy atom. The molecule has 3 nitrogen and oxygen atoms in total. The van der Waals surface area contributed by atoms with Crippen molar-refractivity contribution >= 4 is 15.7 Å². The van der Waals surface area contributed by atoms with Gasteiger partial charge in [-0.05, 0) is 41.7 Å². The lowest BCUT2D eigenvalue weighted by Crippen LogP contribution is -2.32. The Kier molecular flexibility index (Phi) is 5.70. The van der Waals surface area contributed by atoms with E-state index < -0.39 is 10.0 Å². The minimum atomic E-state index is -3.56. The van der Waals surface area contributed by atoms with Crippen molar-refractivity contribution < 1.29 is 8.42 Å². The van der Waals surface area contributed by atoms with Gasteiger partial charge in [0.1, 0.15) is 0 Å². The topological polar surface area (TPSA) is 37.4 Å². The smallest absolute Gasteiger partial charge is 0.264 e. The summed E-state index contributed by atoms with van der Waals surface area (Å²) in [6, 6.07) is 16.6. The van der Waals surface area contributed by atoms with E-state index in [2.05, 4.69) is 27.7 Å². The van der Waals surface area contributed by atoms with Gasteiger partial charge in [0.15, 0.2) is 0 Å². The first-order valence-electron chi connectivity index (χ1n) is 8.45. The van der Waals surface area contributed by atoms with E-state index in [4.69, 9.17) is 0 Å². The van der Waals surface area contributed by atoms with Crippen LogP contribution in [0.5, 0.6) is 0 Å². The molecule has 2 aromatic rings. The van der Waals surface area contributed by atoms with Gasteiger partial charge in [0.2, 0.25) is 0 Å². The SMILES string of the molecule is CCCCN(c1ccccc1)S(=O)(=O)c1ccc(C(C)(C)C)cc1. The molecule has 0 atom stereocenters. The summed E-state index contributed by atoms with van der Waals surface area (Å²) in [5.74, 6) is 0. The van der Waals surface area contributed by atoms with Crippen LogP contribution in [0.4, 0.5) is 5.69 Å². The molecule has 24 heavy (non-hydrogen) atoms. The quantitative estimate of drug-likeness (QED) is 0.740. The molecule has 0 unspecified atom stereocenters. The van der Waals surface area contributed by atoms with Gasteiger partial charge in [-0.2, -0.15) is 0 Å². The number of rotatable bonds is 6. The Bertz CT molecular complexity index is 744. The third-order valence-electron chi connectivity index (χ3n) is 4.07. The second-order valence-electron chi connectivity index (χ2n) is 7.04. The number of sulfonamides is 1. The molecule has 0 heterocycles. The number of hydrogen-bond donors (Lipinski definition) is 0. The molecule has 0 amide bonds. The number of nitrogens with zero attached hydrogens (tertiary/aromatic N) is 1. The van der Waals surface area contributed by atoms with Gasteiger partial charge < -0.3 is 0 Å². The van der Waals surface area contributed by atoms with Crippen molar-refractivity contribution in [2.75, 3.05) is 10.8 Å². The summed E-state index contributed by atoms with van der Waals surface area (Å²) in [5.41, 5.74) is 1.84. The molecule has 0 aliphatic rings. The molecule has 0 spiro atoms. The number of benzene rings is 2. The van der Waals surface area contributed by atoms with Crippen molar-refractivity contribution in [2.45, 2.75) is 50.8 Å². The molecule has 0 aliphatic carbocycles. The standard InChI is InChI=1S/C20H27NO2S/c1-5-6-16-21(18-10-8-7-9-11-18)24(22,23)19-14-12-17(13-15-19)20(2,3)4/h7-15H,5-6,16H2,1-4H3. The van der Waals surface area contributed by atoms with E-state index in [-0.39, 0.29) is 5.41 Å². The van der Waals surface area contributed by atoms with Crippen LogP contribution in [-0.4, -0.2) is 15.0 Å². The normalized spacial score (nSPS) is 12.2. The lowest BCUT2D eigenvalue weighted by atomic mass is 9.87. The number of para-hydroxylation sites is 1. The highest BCUT2D eigenvalue weighted by Crippen LogP contribution is 2.27. The summed E-state index contributed by atoms with van der Waals surface area (Å²) in [4.78, 5) is 0.343. The summed E-state index contributed by atoms with van der Waals surface area (Å²) in [6.07, 6.45) is 1.77. The van der Waals surface area contributed by atoms with Crippen LogP contribution in [-0.2, 0) is 15.4 Å². The first-order chi connectivity index (χ1) is 11.3. The molecule has 0 aliphatic heterocycles. The Labute approximate surface area is 146 Å². The van der Waals surface area contributed by atoms with Crippen molar-refractivity contribution in [2.24, 2.45) is 0 Å². The highest BCUT2D eigenvalue weighted by atomic mass is 32.2. The van der Waals surface area contributed by atoms with E-state index in [1.807, 2.05) is 42.5 Å². The summed E-state index contributed by atoms with van der Waals surface area (Å²) in [7, 11) is -3.56. The van der Waals surface area contributed by atoms with Gasteiger partial charge in [-0.3, -0.25) is 4.31 Å². The maximum atomic E-state index is 13.1. The van der Waals surface area contributed by atoms with Crippen molar-refractivity contribution in [3.63, 3.8) is 0 Å². The first-order valence-corrected chi connectivity index (χ1v) is 9.89. The number of unbranched alkanes of at least 4 members (excludes halogenated alkanes) is 1. The average Bonchev–Trinajstić information content (AvgIpc) is 2.55. The predicted octanol–water partition coefficient (Wildman–Crippen LogP) is 4.98. The van der Waals surface area contributed by atoms with Gasteiger partial charge in [-0.25, -0.2) is 8.42 Å². The van der Waals surface area contributed by atoms with Gasteiger partial charge in [-0.1, -0.05) is 64.4 Å². The Hall–Kier alpha value is -1.81. The van der Waals surface area contributed by atoms with Crippen LogP contribution in [0.2, 0.25) is 0 Å². The third kappa shape index (κ3) is 4.18. The van der Waals surface area contributed by atoms with Gasteiger partial charge in [-0.15, -0.1) is 0 Å². The summed E-state index contributed by atoms with van der Waals surface area (Å²) < 4.78 is 27.8. The van der Waals surface area contributed by atoms with E-state index >= 15 is 0 Å². The highest BCUT2D eigenvalue weighted by molar-refractivity contribution is 7.92. The molecular weight excluding hydrogens is 318 g/mol. The number of hydrogen-bond acceptors (Lipinski definition) is 2. The molecule has 2 rings (SSSR count). The van der Waals surface area contributed by atoms with Crippen LogP contribution in [0.15, 0.2) is 59.5 Å². The van der Waals surface area contributed by atoms with Crippen molar-refractivity contribution in [1.82, 2.24) is 0 Å². The zero-order chi connectivity index (χ0) is 17.8. The fourth-order valence-corrected chi connectivity index (χ4v) is 4.04. The van der Waals surface area contributed by atoms with E-state index in [0.29, 0.717) is 17.1 Å². The molecular formula is C20H27NO2S. The maximum Gasteiger partial charge on any atom is 0.264 e. The zero-order valence-corrected chi connectivity index (χ0v) is 15.8. The molecule has 0 fully saturated rings. The Morgan fingerprint density at radius 2 is 1.50 bits per heavy atom. The van der Waals surface area contributed by atoms with Crippen molar-refractivity contribution in [1.29, 1.82) is 0 Å². The summed E-state index contributed by atoms with van der Waals surface area (Å²) in [6.45, 7) is 8.91. The molecule has 0 N–H and O–H groups in total. The van der Waals surface area contributed by atoms with E-state index in [1.165, 1.54) is 4.31 Å². The van der Waals surface area contributed by atoms with Crippen LogP contribution in [0, 0.1) is 0 Å². The molecule has 130 valence electrons. The third-order valence-corrected chi connectivity index (χ3v) is 5.91. The molecule has 2 aromatic carbocycles. The first kappa shape index (κ1) is 18.5. The van der Waals surface area contributed by atoms with Gasteiger partial charge in [0, 0.05) is 6.54 Å². The summed E-state index contributed by atoms with van der Waals surface area (Å²) >= 11 is 0. The molecule has 0 radical (unpaired) electrons. The second-order valence-corrected chi connectivity index (χ2v) is 8.90. The van der Waals surface area contributed by atoms with Crippen LogP contribution < -0.4 is 4.31 Å². The molecule has 0 aromatic heterocycles.